The number of hydrogen-bond acceptors (Lipinski definition) is 5. The molecule has 2 heterocycles. The number of carbonyl (C=O) groups is 2. The second kappa shape index (κ2) is 11.2. The summed E-state index contributed by atoms with van der Waals surface area (Å²) in [5, 5.41) is 11.5. The van der Waals surface area contributed by atoms with Crippen molar-refractivity contribution in [2.45, 2.75) is 26.9 Å². The van der Waals surface area contributed by atoms with E-state index in [0.29, 0.717) is 12.3 Å². The number of aromatic nitrogens is 1. The minimum Gasteiger partial charge on any atom is -0.494 e. The zero-order valence-corrected chi connectivity index (χ0v) is 23.3. The number of nitrogens with zero attached hydrogens (tertiary/aromatic N) is 3. The third-order valence-corrected chi connectivity index (χ3v) is 7.21. The normalized spacial score (nSPS) is 15.2. The first-order chi connectivity index (χ1) is 20.4. The van der Waals surface area contributed by atoms with Crippen LogP contribution in [0.3, 0.4) is 0 Å². The lowest BCUT2D eigenvalue weighted by atomic mass is 10.1. The fraction of sp³-hybridized carbons (Fsp3) is 0.147. The van der Waals surface area contributed by atoms with Crippen LogP contribution in [-0.4, -0.2) is 39.1 Å². The average Bonchev–Trinajstić information content (AvgIpc) is 3.47. The lowest BCUT2D eigenvalue weighted by Crippen LogP contribution is -2.29. The van der Waals surface area contributed by atoms with E-state index in [1.165, 1.54) is 17.0 Å². The maximum atomic E-state index is 13.7. The molecule has 4 aromatic carbocycles. The highest BCUT2D eigenvalue weighted by atomic mass is 16.5. The summed E-state index contributed by atoms with van der Waals surface area (Å²) < 4.78 is 13.9. The van der Waals surface area contributed by atoms with Crippen molar-refractivity contribution in [1.29, 1.82) is 0 Å². The lowest BCUT2D eigenvalue weighted by Gasteiger charge is -2.14. The molecule has 0 radical (unpaired) electrons. The highest BCUT2D eigenvalue weighted by Gasteiger charge is 2.35. The first-order valence-corrected chi connectivity index (χ1v) is 13.8. The Morgan fingerprint density at radius 2 is 1.67 bits per heavy atom. The van der Waals surface area contributed by atoms with Crippen molar-refractivity contribution < 1.29 is 24.2 Å². The van der Waals surface area contributed by atoms with Crippen molar-refractivity contribution in [3.63, 3.8) is 0 Å². The molecule has 210 valence electrons. The van der Waals surface area contributed by atoms with Crippen LogP contribution in [-0.2, 0) is 22.6 Å². The summed E-state index contributed by atoms with van der Waals surface area (Å²) in [6.45, 7) is 5.70. The summed E-state index contributed by atoms with van der Waals surface area (Å²) in [6, 6.07) is 28.2. The summed E-state index contributed by atoms with van der Waals surface area (Å²) in [5.74, 6) is -0.442. The summed E-state index contributed by atoms with van der Waals surface area (Å²) in [4.78, 5) is 31.0. The van der Waals surface area contributed by atoms with E-state index < -0.39 is 5.97 Å². The number of carboxylic acids is 1. The summed E-state index contributed by atoms with van der Waals surface area (Å²) in [5.41, 5.74) is 4.61. The Morgan fingerprint density at radius 1 is 0.929 bits per heavy atom. The fourth-order valence-electron chi connectivity index (χ4n) is 5.21. The van der Waals surface area contributed by atoms with Gasteiger partial charge in [-0.3, -0.25) is 9.69 Å². The lowest BCUT2D eigenvalue weighted by molar-refractivity contribution is -0.123. The summed E-state index contributed by atoms with van der Waals surface area (Å²) >= 11 is 0. The standard InChI is InChI=1S/C34H29N3O5/c1-3-36-29-8-6-5-7-27(29)28-19-23(11-18-30(28)36)20-31-32(38)37(21-22-9-16-26(17-10-22)41-4-2)34(42-31)35-25-14-12-24(13-15-25)33(39)40/h5-20H,3-4,21H2,1-2H3,(H,39,40)/b31-20+,35-34-. The molecule has 8 heteroatoms. The van der Waals surface area contributed by atoms with Gasteiger partial charge in [-0.2, -0.15) is 4.99 Å². The molecule has 0 aliphatic carbocycles. The van der Waals surface area contributed by atoms with Gasteiger partial charge >= 0.3 is 12.0 Å². The number of aromatic carboxylic acids is 1. The number of aliphatic imine (C=N–C) groups is 1. The molecule has 1 N–H and O–H groups in total. The monoisotopic (exact) mass is 559 g/mol. The van der Waals surface area contributed by atoms with E-state index in [1.807, 2.05) is 49.4 Å². The molecular formula is C34H29N3O5. The van der Waals surface area contributed by atoms with Gasteiger partial charge in [0.25, 0.3) is 5.91 Å². The average molecular weight is 560 g/mol. The molecule has 1 amide bonds. The third kappa shape index (κ3) is 5.10. The van der Waals surface area contributed by atoms with Crippen LogP contribution in [0.15, 0.2) is 102 Å². The predicted octanol–water partition coefficient (Wildman–Crippen LogP) is 7.00. The van der Waals surface area contributed by atoms with Gasteiger partial charge in [0.1, 0.15) is 5.75 Å². The van der Waals surface area contributed by atoms with E-state index in [4.69, 9.17) is 9.47 Å². The molecule has 8 nitrogen and oxygen atoms in total. The first kappa shape index (κ1) is 26.8. The molecule has 42 heavy (non-hydrogen) atoms. The third-order valence-electron chi connectivity index (χ3n) is 7.21. The predicted molar refractivity (Wildman–Crippen MR) is 163 cm³/mol. The van der Waals surface area contributed by atoms with Crippen molar-refractivity contribution in [2.24, 2.45) is 4.99 Å². The van der Waals surface area contributed by atoms with Gasteiger partial charge in [-0.1, -0.05) is 36.4 Å². The number of para-hydroxylation sites is 1. The van der Waals surface area contributed by atoms with Crippen LogP contribution in [0.4, 0.5) is 5.69 Å². The van der Waals surface area contributed by atoms with Crippen LogP contribution in [0.5, 0.6) is 5.75 Å². The molecule has 0 atom stereocenters. The van der Waals surface area contributed by atoms with E-state index >= 15 is 0 Å². The molecule has 0 spiro atoms. The molecule has 5 aromatic rings. The molecular weight excluding hydrogens is 530 g/mol. The Bertz CT molecular complexity index is 1870. The van der Waals surface area contributed by atoms with Gasteiger partial charge in [-0.15, -0.1) is 0 Å². The summed E-state index contributed by atoms with van der Waals surface area (Å²) in [7, 11) is 0. The minimum absolute atomic E-state index is 0.117. The number of ether oxygens (including phenoxy) is 2. The quantitative estimate of drug-likeness (QED) is 0.207. The Hall–Kier alpha value is -5.37. The maximum absolute atomic E-state index is 13.7. The topological polar surface area (TPSA) is 93.4 Å². The Labute approximate surface area is 242 Å². The summed E-state index contributed by atoms with van der Waals surface area (Å²) in [6.07, 6.45) is 1.74. The van der Waals surface area contributed by atoms with E-state index in [9.17, 15) is 14.7 Å². The van der Waals surface area contributed by atoms with Gasteiger partial charge in [0.2, 0.25) is 0 Å². The van der Waals surface area contributed by atoms with Crippen LogP contribution >= 0.6 is 0 Å². The number of fused-ring (bicyclic) bond motifs is 3. The fourth-order valence-corrected chi connectivity index (χ4v) is 5.21. The highest BCUT2D eigenvalue weighted by Crippen LogP contribution is 2.31. The molecule has 0 saturated carbocycles. The van der Waals surface area contributed by atoms with Crippen LogP contribution in [0.1, 0.15) is 35.3 Å². The van der Waals surface area contributed by atoms with E-state index in [-0.39, 0.29) is 29.8 Å². The Morgan fingerprint density at radius 3 is 2.38 bits per heavy atom. The van der Waals surface area contributed by atoms with Crippen molar-refractivity contribution in [3.8, 4) is 5.75 Å². The molecule has 1 saturated heterocycles. The zero-order valence-electron chi connectivity index (χ0n) is 23.3. The number of amides is 1. The highest BCUT2D eigenvalue weighted by molar-refractivity contribution is 6.12. The Kier molecular flexibility index (Phi) is 7.19. The maximum Gasteiger partial charge on any atom is 0.335 e. The zero-order chi connectivity index (χ0) is 29.2. The van der Waals surface area contributed by atoms with Crippen molar-refractivity contribution in [2.75, 3.05) is 6.61 Å². The van der Waals surface area contributed by atoms with Gasteiger partial charge in [0.05, 0.1) is 24.4 Å². The van der Waals surface area contributed by atoms with Gasteiger partial charge in [-0.05, 0) is 85.6 Å². The number of carbonyl (C=O) groups excluding carboxylic acids is 1. The molecule has 1 fully saturated rings. The van der Waals surface area contributed by atoms with Crippen LogP contribution in [0.25, 0.3) is 27.9 Å². The van der Waals surface area contributed by atoms with Crippen LogP contribution < -0.4 is 4.74 Å². The van der Waals surface area contributed by atoms with E-state index in [1.54, 1.807) is 18.2 Å². The number of aryl methyl sites for hydroxylation is 1. The van der Waals surface area contributed by atoms with Crippen molar-refractivity contribution in [1.82, 2.24) is 9.47 Å². The molecule has 1 aromatic heterocycles. The smallest absolute Gasteiger partial charge is 0.335 e. The van der Waals surface area contributed by atoms with Gasteiger partial charge in [-0.25, -0.2) is 4.79 Å². The van der Waals surface area contributed by atoms with Gasteiger partial charge in [0.15, 0.2) is 5.76 Å². The number of hydrogen-bond donors (Lipinski definition) is 1. The number of benzene rings is 4. The first-order valence-electron chi connectivity index (χ1n) is 13.8. The second-order valence-corrected chi connectivity index (χ2v) is 9.86. The minimum atomic E-state index is -1.03. The van der Waals surface area contributed by atoms with Crippen molar-refractivity contribution in [3.05, 3.63) is 113 Å². The van der Waals surface area contributed by atoms with Gasteiger partial charge < -0.3 is 19.1 Å². The molecule has 1 aliphatic rings. The van der Waals surface area contributed by atoms with Crippen LogP contribution in [0.2, 0.25) is 0 Å². The Balaban J connectivity index is 1.37. The second-order valence-electron chi connectivity index (χ2n) is 9.86. The molecule has 0 unspecified atom stereocenters. The number of amidine groups is 1. The van der Waals surface area contributed by atoms with Crippen LogP contribution in [0, 0.1) is 0 Å². The number of rotatable bonds is 8. The molecule has 6 rings (SSSR count). The van der Waals surface area contributed by atoms with Crippen molar-refractivity contribution >= 4 is 51.5 Å². The number of carboxylic acid groups (broad SMARTS) is 1. The van der Waals surface area contributed by atoms with Gasteiger partial charge in [0, 0.05) is 28.4 Å². The largest absolute Gasteiger partial charge is 0.494 e. The van der Waals surface area contributed by atoms with E-state index in [0.717, 1.165) is 45.2 Å². The molecule has 1 aliphatic heterocycles. The molecule has 0 bridgehead atoms. The van der Waals surface area contributed by atoms with E-state index in [2.05, 4.69) is 40.7 Å². The SMILES string of the molecule is CCOc1ccc(CN2C(=O)/C(=C\c3ccc4c(c3)c3ccccc3n4CC)O/C2=N\c2ccc(C(=O)O)cc2)cc1.